The summed E-state index contributed by atoms with van der Waals surface area (Å²) in [5.41, 5.74) is 1.46. The van der Waals surface area contributed by atoms with Crippen molar-refractivity contribution in [3.8, 4) is 0 Å². The Kier molecular flexibility index (Phi) is 5.42. The number of H-pyrrole nitrogens is 1. The number of aryl methyl sites for hydroxylation is 2. The molecule has 1 heterocycles. The molecule has 110 valence electrons. The molecule has 0 spiro atoms. The lowest BCUT2D eigenvalue weighted by molar-refractivity contribution is -0.138. The predicted molar refractivity (Wildman–Crippen MR) is 72.5 cm³/mol. The van der Waals surface area contributed by atoms with Crippen molar-refractivity contribution in [2.24, 2.45) is 0 Å². The van der Waals surface area contributed by atoms with Gasteiger partial charge in [0.2, 0.25) is 5.91 Å². The van der Waals surface area contributed by atoms with E-state index in [4.69, 9.17) is 5.11 Å². The number of likely N-dealkylation sites (N-methyl/N-ethyl adjacent to an activating group) is 1. The van der Waals surface area contributed by atoms with Crippen LogP contribution in [0.3, 0.4) is 0 Å². The molecule has 1 aromatic rings. The molecular weight excluding hydrogens is 262 g/mol. The first-order valence-electron chi connectivity index (χ1n) is 6.33. The number of nitrogens with one attached hydrogen (secondary N) is 1. The number of amides is 1. The van der Waals surface area contributed by atoms with Gasteiger partial charge in [-0.2, -0.15) is 4.98 Å². The van der Waals surface area contributed by atoms with E-state index >= 15 is 0 Å². The highest BCUT2D eigenvalue weighted by Gasteiger charge is 2.14. The van der Waals surface area contributed by atoms with Gasteiger partial charge >= 0.3 is 11.7 Å². The van der Waals surface area contributed by atoms with Crippen LogP contribution in [0.5, 0.6) is 0 Å². The number of aromatic amines is 1. The fourth-order valence-electron chi connectivity index (χ4n) is 1.89. The van der Waals surface area contributed by atoms with Crippen molar-refractivity contribution >= 4 is 11.9 Å². The van der Waals surface area contributed by atoms with Crippen molar-refractivity contribution < 1.29 is 14.7 Å². The highest BCUT2D eigenvalue weighted by Crippen LogP contribution is 2.09. The summed E-state index contributed by atoms with van der Waals surface area (Å²) in [5, 5.41) is 8.55. The first-order chi connectivity index (χ1) is 9.31. The van der Waals surface area contributed by atoms with Crippen LogP contribution in [0.1, 0.15) is 29.8 Å². The number of rotatable bonds is 6. The number of carbonyl (C=O) groups excluding carboxylic acids is 1. The van der Waals surface area contributed by atoms with Crippen LogP contribution in [-0.4, -0.2) is 45.4 Å². The maximum atomic E-state index is 12.0. The summed E-state index contributed by atoms with van der Waals surface area (Å²) in [7, 11) is 1.63. The number of carboxylic acid groups (broad SMARTS) is 1. The van der Waals surface area contributed by atoms with Crippen LogP contribution in [0, 0.1) is 13.8 Å². The van der Waals surface area contributed by atoms with Gasteiger partial charge in [-0.1, -0.05) is 0 Å². The van der Waals surface area contributed by atoms with Crippen LogP contribution >= 0.6 is 0 Å². The van der Waals surface area contributed by atoms with E-state index in [0.29, 0.717) is 29.9 Å². The smallest absolute Gasteiger partial charge is 0.345 e. The van der Waals surface area contributed by atoms with Gasteiger partial charge in [0.1, 0.15) is 0 Å². The molecule has 2 N–H and O–H groups in total. The number of aromatic nitrogens is 2. The van der Waals surface area contributed by atoms with Crippen molar-refractivity contribution in [2.75, 3.05) is 13.6 Å². The van der Waals surface area contributed by atoms with Gasteiger partial charge in [0.05, 0.1) is 6.42 Å². The molecule has 0 radical (unpaired) electrons. The van der Waals surface area contributed by atoms with Gasteiger partial charge in [0, 0.05) is 37.0 Å². The van der Waals surface area contributed by atoms with Crippen LogP contribution in [0.4, 0.5) is 0 Å². The fraction of sp³-hybridized carbons (Fsp3) is 0.538. The molecule has 7 heteroatoms. The molecule has 20 heavy (non-hydrogen) atoms. The van der Waals surface area contributed by atoms with E-state index in [1.165, 1.54) is 4.90 Å². The lowest BCUT2D eigenvalue weighted by atomic mass is 10.1. The minimum Gasteiger partial charge on any atom is -0.481 e. The number of hydrogen-bond acceptors (Lipinski definition) is 4. The Morgan fingerprint density at radius 2 is 2.00 bits per heavy atom. The van der Waals surface area contributed by atoms with Gasteiger partial charge in [-0.15, -0.1) is 0 Å². The zero-order valence-corrected chi connectivity index (χ0v) is 11.9. The van der Waals surface area contributed by atoms with E-state index in [0.717, 1.165) is 0 Å². The van der Waals surface area contributed by atoms with E-state index < -0.39 is 11.7 Å². The normalized spacial score (nSPS) is 10.3. The highest BCUT2D eigenvalue weighted by molar-refractivity contribution is 5.79. The van der Waals surface area contributed by atoms with E-state index in [1.807, 2.05) is 0 Å². The molecule has 0 unspecified atom stereocenters. The number of nitrogens with zero attached hydrogens (tertiary/aromatic N) is 2. The van der Waals surface area contributed by atoms with Crippen LogP contribution in [0.2, 0.25) is 0 Å². The summed E-state index contributed by atoms with van der Waals surface area (Å²) in [4.78, 5) is 41.5. The van der Waals surface area contributed by atoms with E-state index in [9.17, 15) is 14.4 Å². The molecule has 0 bridgehead atoms. The minimum absolute atomic E-state index is 0.0376. The average molecular weight is 281 g/mol. The monoisotopic (exact) mass is 281 g/mol. The van der Waals surface area contributed by atoms with Gasteiger partial charge in [-0.05, 0) is 20.3 Å². The van der Waals surface area contributed by atoms with E-state index in [2.05, 4.69) is 9.97 Å². The summed E-state index contributed by atoms with van der Waals surface area (Å²) in [6.45, 7) is 3.80. The molecule has 0 saturated carbocycles. The van der Waals surface area contributed by atoms with Crippen molar-refractivity contribution in [3.63, 3.8) is 0 Å². The quantitative estimate of drug-likeness (QED) is 0.778. The molecule has 7 nitrogen and oxygen atoms in total. The molecule has 0 atom stereocenters. The van der Waals surface area contributed by atoms with Crippen LogP contribution in [0.15, 0.2) is 4.79 Å². The molecular formula is C13H19N3O4. The van der Waals surface area contributed by atoms with Gasteiger partial charge in [-0.3, -0.25) is 9.59 Å². The van der Waals surface area contributed by atoms with Crippen molar-refractivity contribution in [2.45, 2.75) is 33.1 Å². The summed E-state index contributed by atoms with van der Waals surface area (Å²) in [5.74, 6) is -1.00. The average Bonchev–Trinajstić information content (AvgIpc) is 2.32. The summed E-state index contributed by atoms with van der Waals surface area (Å²) in [6.07, 6.45) is 0.598. The third-order valence-corrected chi connectivity index (χ3v) is 3.09. The van der Waals surface area contributed by atoms with Gasteiger partial charge in [0.25, 0.3) is 0 Å². The van der Waals surface area contributed by atoms with Gasteiger partial charge in [-0.25, -0.2) is 4.79 Å². The first-order valence-corrected chi connectivity index (χ1v) is 6.33. The molecule has 0 fully saturated rings. The number of carbonyl (C=O) groups is 2. The summed E-state index contributed by atoms with van der Waals surface area (Å²) >= 11 is 0. The molecule has 1 rings (SSSR count). The Hall–Kier alpha value is -2.18. The number of aliphatic carboxylic acids is 1. The minimum atomic E-state index is -0.873. The van der Waals surface area contributed by atoms with Crippen molar-refractivity contribution in [1.29, 1.82) is 0 Å². The Labute approximate surface area is 116 Å². The Balaban J connectivity index is 2.66. The maximum Gasteiger partial charge on any atom is 0.345 e. The highest BCUT2D eigenvalue weighted by atomic mass is 16.4. The molecule has 0 aromatic carbocycles. The zero-order valence-electron chi connectivity index (χ0n) is 11.9. The fourth-order valence-corrected chi connectivity index (χ4v) is 1.89. The van der Waals surface area contributed by atoms with Gasteiger partial charge in [0.15, 0.2) is 0 Å². The Bertz CT molecular complexity index is 539. The third kappa shape index (κ3) is 4.49. The standard InChI is InChI=1S/C13H19N3O4/c1-8-10(9(2)15-13(20)14-8)7-11(17)16(3)6-4-5-12(18)19/h4-7H2,1-3H3,(H,18,19)(H,14,15,20). The third-order valence-electron chi connectivity index (χ3n) is 3.09. The van der Waals surface area contributed by atoms with Crippen molar-refractivity contribution in [1.82, 2.24) is 14.9 Å². The SMILES string of the molecule is Cc1nc(=O)[nH]c(C)c1CC(=O)N(C)CCCC(=O)O. The number of carboxylic acids is 1. The molecule has 0 aliphatic carbocycles. The molecule has 0 aliphatic heterocycles. The largest absolute Gasteiger partial charge is 0.481 e. The van der Waals surface area contributed by atoms with E-state index in [1.54, 1.807) is 20.9 Å². The summed E-state index contributed by atoms with van der Waals surface area (Å²) in [6, 6.07) is 0. The second-order valence-corrected chi connectivity index (χ2v) is 4.72. The predicted octanol–water partition coefficient (Wildman–Crippen LogP) is 0.252. The first kappa shape index (κ1) is 15.9. The van der Waals surface area contributed by atoms with Crippen LogP contribution < -0.4 is 5.69 Å². The second-order valence-electron chi connectivity index (χ2n) is 4.72. The Morgan fingerprint density at radius 3 is 2.55 bits per heavy atom. The van der Waals surface area contributed by atoms with Crippen LogP contribution in [0.25, 0.3) is 0 Å². The molecule has 0 aliphatic rings. The van der Waals surface area contributed by atoms with Gasteiger partial charge < -0.3 is 15.0 Å². The zero-order chi connectivity index (χ0) is 15.3. The summed E-state index contributed by atoms with van der Waals surface area (Å²) < 4.78 is 0. The molecule has 1 aromatic heterocycles. The van der Waals surface area contributed by atoms with E-state index in [-0.39, 0.29) is 18.7 Å². The lowest BCUT2D eigenvalue weighted by Crippen LogP contribution is -2.30. The molecule has 1 amide bonds. The second kappa shape index (κ2) is 6.83. The molecule has 0 saturated heterocycles. The van der Waals surface area contributed by atoms with Crippen LogP contribution in [-0.2, 0) is 16.0 Å². The Morgan fingerprint density at radius 1 is 1.35 bits per heavy atom. The lowest BCUT2D eigenvalue weighted by Gasteiger charge is -2.17. The number of hydrogen-bond donors (Lipinski definition) is 2. The topological polar surface area (TPSA) is 103 Å². The maximum absolute atomic E-state index is 12.0. The van der Waals surface area contributed by atoms with Crippen molar-refractivity contribution in [3.05, 3.63) is 27.4 Å².